The summed E-state index contributed by atoms with van der Waals surface area (Å²) in [4.78, 5) is 23.7. The summed E-state index contributed by atoms with van der Waals surface area (Å²) in [6.45, 7) is 1.79. The Hall–Kier alpha value is -2.26. The van der Waals surface area contributed by atoms with Crippen LogP contribution in [-0.2, 0) is 11.8 Å². The number of thiocarbonyl (C=S) groups is 1. The molecule has 24 heavy (non-hydrogen) atoms. The number of nitrogens with zero attached hydrogens (tertiary/aromatic N) is 2. The molecule has 9 heteroatoms. The molecule has 0 saturated heterocycles. The van der Waals surface area contributed by atoms with Crippen LogP contribution in [0.5, 0.6) is 0 Å². The van der Waals surface area contributed by atoms with E-state index in [1.807, 2.05) is 0 Å². The number of aromatic nitrogens is 2. The van der Waals surface area contributed by atoms with Crippen molar-refractivity contribution in [3.05, 3.63) is 45.7 Å². The summed E-state index contributed by atoms with van der Waals surface area (Å²) in [7, 11) is 2.99. The van der Waals surface area contributed by atoms with Crippen LogP contribution >= 0.6 is 28.1 Å². The van der Waals surface area contributed by atoms with E-state index in [-0.39, 0.29) is 11.0 Å². The van der Waals surface area contributed by atoms with Gasteiger partial charge >= 0.3 is 5.97 Å². The van der Waals surface area contributed by atoms with Gasteiger partial charge in [0.25, 0.3) is 5.91 Å². The zero-order valence-electron chi connectivity index (χ0n) is 13.2. The minimum absolute atomic E-state index is 0.136. The van der Waals surface area contributed by atoms with Crippen molar-refractivity contribution in [2.75, 3.05) is 12.4 Å². The molecule has 0 aliphatic carbocycles. The Morgan fingerprint density at radius 3 is 2.42 bits per heavy atom. The van der Waals surface area contributed by atoms with Crippen LogP contribution in [0.3, 0.4) is 0 Å². The third-order valence-electron chi connectivity index (χ3n) is 3.16. The van der Waals surface area contributed by atoms with Gasteiger partial charge in [-0.2, -0.15) is 5.10 Å². The average molecular weight is 411 g/mol. The first-order chi connectivity index (χ1) is 11.3. The molecular weight excluding hydrogens is 396 g/mol. The highest BCUT2D eigenvalue weighted by atomic mass is 79.9. The summed E-state index contributed by atoms with van der Waals surface area (Å²) in [5.74, 6) is -0.803. The zero-order chi connectivity index (χ0) is 17.9. The molecule has 0 bridgehead atoms. The fraction of sp³-hybridized carbons (Fsp3) is 0.200. The van der Waals surface area contributed by atoms with E-state index >= 15 is 0 Å². The van der Waals surface area contributed by atoms with Gasteiger partial charge in [0.1, 0.15) is 5.69 Å². The minimum Gasteiger partial charge on any atom is -0.465 e. The zero-order valence-corrected chi connectivity index (χ0v) is 15.6. The monoisotopic (exact) mass is 410 g/mol. The third-order valence-corrected chi connectivity index (χ3v) is 4.31. The van der Waals surface area contributed by atoms with E-state index in [1.165, 1.54) is 11.8 Å². The van der Waals surface area contributed by atoms with Crippen LogP contribution in [0.15, 0.2) is 28.7 Å². The number of carbonyl (C=O) groups is 2. The summed E-state index contributed by atoms with van der Waals surface area (Å²) in [6.07, 6.45) is 0. The molecule has 0 fully saturated rings. The molecule has 0 unspecified atom stereocenters. The minimum atomic E-state index is -0.422. The molecular formula is C15H15BrN4O3S. The number of nitrogens with one attached hydrogen (secondary N) is 2. The van der Waals surface area contributed by atoms with Crippen LogP contribution in [-0.4, -0.2) is 33.9 Å². The second kappa shape index (κ2) is 7.54. The number of hydrogen-bond acceptors (Lipinski definition) is 5. The quantitative estimate of drug-likeness (QED) is 0.596. The molecule has 1 heterocycles. The van der Waals surface area contributed by atoms with Gasteiger partial charge in [0.15, 0.2) is 5.11 Å². The van der Waals surface area contributed by atoms with Crippen molar-refractivity contribution in [2.24, 2.45) is 7.05 Å². The first-order valence-corrected chi connectivity index (χ1v) is 8.03. The molecule has 0 saturated carbocycles. The second-order valence-electron chi connectivity index (χ2n) is 4.85. The van der Waals surface area contributed by atoms with E-state index in [2.05, 4.69) is 36.4 Å². The number of halogens is 1. The van der Waals surface area contributed by atoms with Crippen LogP contribution in [0.25, 0.3) is 0 Å². The number of hydrogen-bond donors (Lipinski definition) is 2. The van der Waals surface area contributed by atoms with E-state index in [9.17, 15) is 9.59 Å². The Morgan fingerprint density at radius 1 is 1.29 bits per heavy atom. The van der Waals surface area contributed by atoms with Crippen LogP contribution in [0, 0.1) is 6.92 Å². The summed E-state index contributed by atoms with van der Waals surface area (Å²) in [5, 5.41) is 9.76. The summed E-state index contributed by atoms with van der Waals surface area (Å²) >= 11 is 8.47. The lowest BCUT2D eigenvalue weighted by Gasteiger charge is -2.10. The van der Waals surface area contributed by atoms with Crippen molar-refractivity contribution in [1.82, 2.24) is 15.1 Å². The fourth-order valence-electron chi connectivity index (χ4n) is 2.01. The van der Waals surface area contributed by atoms with Gasteiger partial charge in [-0.3, -0.25) is 14.8 Å². The summed E-state index contributed by atoms with van der Waals surface area (Å²) in [6, 6.07) is 6.52. The predicted octanol–water partition coefficient (Wildman–Crippen LogP) is 2.40. The Morgan fingerprint density at radius 2 is 1.92 bits per heavy atom. The molecule has 0 aliphatic heterocycles. The molecule has 0 atom stereocenters. The Kier molecular flexibility index (Phi) is 5.68. The number of aryl methyl sites for hydroxylation is 2. The molecule has 0 aliphatic rings. The highest BCUT2D eigenvalue weighted by molar-refractivity contribution is 9.10. The van der Waals surface area contributed by atoms with Crippen molar-refractivity contribution >= 4 is 50.8 Å². The molecule has 1 aromatic heterocycles. The average Bonchev–Trinajstić information content (AvgIpc) is 2.79. The molecule has 1 aromatic carbocycles. The topological polar surface area (TPSA) is 85.2 Å². The second-order valence-corrected chi connectivity index (χ2v) is 6.05. The van der Waals surface area contributed by atoms with Gasteiger partial charge < -0.3 is 10.1 Å². The highest BCUT2D eigenvalue weighted by Crippen LogP contribution is 2.20. The van der Waals surface area contributed by atoms with Crippen LogP contribution in [0.1, 0.15) is 26.5 Å². The highest BCUT2D eigenvalue weighted by Gasteiger charge is 2.19. The lowest BCUT2D eigenvalue weighted by molar-refractivity contribution is 0.0600. The molecule has 1 amide bonds. The molecule has 2 rings (SSSR count). The van der Waals surface area contributed by atoms with Gasteiger partial charge in [0, 0.05) is 12.7 Å². The largest absolute Gasteiger partial charge is 0.465 e. The van der Waals surface area contributed by atoms with Crippen molar-refractivity contribution < 1.29 is 14.3 Å². The number of anilines is 1. The van der Waals surface area contributed by atoms with Gasteiger partial charge in [-0.05, 0) is 59.3 Å². The van der Waals surface area contributed by atoms with Gasteiger partial charge in [0.05, 0.1) is 22.8 Å². The standard InChI is InChI=1S/C15H15BrN4O3S/c1-8-11(16)12(20(2)19-8)13(21)18-15(24)17-10-6-4-9(5-7-10)14(22)23-3/h4-7H,1-3H3,(H2,17,18,21,24). The van der Waals surface area contributed by atoms with Crippen molar-refractivity contribution in [3.63, 3.8) is 0 Å². The number of rotatable bonds is 3. The number of benzene rings is 1. The maximum atomic E-state index is 12.3. The molecule has 2 aromatic rings. The van der Waals surface area contributed by atoms with Gasteiger partial charge in [-0.1, -0.05) is 0 Å². The first-order valence-electron chi connectivity index (χ1n) is 6.83. The molecule has 0 radical (unpaired) electrons. The van der Waals surface area contributed by atoms with Gasteiger partial charge in [-0.25, -0.2) is 4.79 Å². The van der Waals surface area contributed by atoms with Crippen molar-refractivity contribution in [1.29, 1.82) is 0 Å². The third kappa shape index (κ3) is 3.98. The van der Waals surface area contributed by atoms with E-state index in [0.717, 1.165) is 0 Å². The van der Waals surface area contributed by atoms with Gasteiger partial charge in [-0.15, -0.1) is 0 Å². The number of amides is 1. The van der Waals surface area contributed by atoms with Crippen LogP contribution < -0.4 is 10.6 Å². The fourth-order valence-corrected chi connectivity index (χ4v) is 2.74. The molecule has 7 nitrogen and oxygen atoms in total. The number of carbonyl (C=O) groups excluding carboxylic acids is 2. The van der Waals surface area contributed by atoms with Crippen molar-refractivity contribution in [2.45, 2.75) is 6.92 Å². The van der Waals surface area contributed by atoms with Gasteiger partial charge in [0.2, 0.25) is 0 Å². The SMILES string of the molecule is COC(=O)c1ccc(NC(=S)NC(=O)c2c(Br)c(C)nn2C)cc1. The number of methoxy groups -OCH3 is 1. The van der Waals surface area contributed by atoms with Crippen molar-refractivity contribution in [3.8, 4) is 0 Å². The first kappa shape index (κ1) is 18.1. The Labute approximate surface area is 152 Å². The van der Waals surface area contributed by atoms with E-state index in [4.69, 9.17) is 12.2 Å². The molecule has 2 N–H and O–H groups in total. The summed E-state index contributed by atoms with van der Waals surface area (Å²) in [5.41, 5.74) is 2.14. The maximum Gasteiger partial charge on any atom is 0.337 e. The lowest BCUT2D eigenvalue weighted by atomic mass is 10.2. The lowest BCUT2D eigenvalue weighted by Crippen LogP contribution is -2.35. The predicted molar refractivity (Wildman–Crippen MR) is 97.1 cm³/mol. The normalized spacial score (nSPS) is 10.2. The van der Waals surface area contributed by atoms with Crippen LogP contribution in [0.2, 0.25) is 0 Å². The maximum absolute atomic E-state index is 12.3. The van der Waals surface area contributed by atoms with Crippen LogP contribution in [0.4, 0.5) is 5.69 Å². The van der Waals surface area contributed by atoms with E-state index in [1.54, 1.807) is 38.2 Å². The van der Waals surface area contributed by atoms with E-state index < -0.39 is 5.97 Å². The smallest absolute Gasteiger partial charge is 0.337 e. The number of ether oxygens (including phenoxy) is 1. The molecule has 0 spiro atoms. The molecule has 126 valence electrons. The Bertz CT molecular complexity index is 802. The Balaban J connectivity index is 2.03. The number of esters is 1. The summed E-state index contributed by atoms with van der Waals surface area (Å²) < 4.78 is 6.72. The van der Waals surface area contributed by atoms with E-state index in [0.29, 0.717) is 27.1 Å².